The summed E-state index contributed by atoms with van der Waals surface area (Å²) in [4.78, 5) is 0. The van der Waals surface area contributed by atoms with Gasteiger partial charge in [-0.3, -0.25) is 0 Å². The van der Waals surface area contributed by atoms with Gasteiger partial charge in [0.1, 0.15) is 0 Å². The Kier molecular flexibility index (Phi) is 1.37. The van der Waals surface area contributed by atoms with Gasteiger partial charge in [0.25, 0.3) is 0 Å². The fourth-order valence-corrected chi connectivity index (χ4v) is 3.08. The number of rotatable bonds is 0. The van der Waals surface area contributed by atoms with E-state index in [1.54, 1.807) is 0 Å². The fraction of sp³-hybridized carbons (Fsp3) is 0.900. The van der Waals surface area contributed by atoms with E-state index in [0.717, 1.165) is 18.1 Å². The predicted octanol–water partition coefficient (Wildman–Crippen LogP) is 2.66. The molecule has 2 unspecified atom stereocenters. The molecule has 2 heteroatoms. The van der Waals surface area contributed by atoms with Gasteiger partial charge in [-0.2, -0.15) is 0 Å². The lowest BCUT2D eigenvalue weighted by molar-refractivity contribution is 0.190. The molecule has 0 spiro atoms. The molecule has 0 aromatic carbocycles. The Balaban J connectivity index is 2.46. The van der Waals surface area contributed by atoms with Gasteiger partial charge in [-0.15, -0.1) is 0 Å². The van der Waals surface area contributed by atoms with E-state index in [0.29, 0.717) is 5.41 Å². The molecule has 0 heterocycles. The second-order valence-electron chi connectivity index (χ2n) is 5.04. The summed E-state index contributed by atoms with van der Waals surface area (Å²) in [5.74, 6) is 0.744. The van der Waals surface area contributed by atoms with Crippen molar-refractivity contribution in [2.24, 2.45) is 21.9 Å². The molecule has 2 aliphatic rings. The summed E-state index contributed by atoms with van der Waals surface area (Å²) in [7, 11) is 0. The summed E-state index contributed by atoms with van der Waals surface area (Å²) in [6.45, 7) is 6.86. The SMILES string of the molecule is CC12CCC(CC1=NO)C2(C)C. The summed E-state index contributed by atoms with van der Waals surface area (Å²) in [6, 6.07) is 0. The number of fused-ring (bicyclic) bond motifs is 2. The van der Waals surface area contributed by atoms with E-state index in [2.05, 4.69) is 25.9 Å². The van der Waals surface area contributed by atoms with Crippen molar-refractivity contribution in [3.05, 3.63) is 0 Å². The minimum Gasteiger partial charge on any atom is -0.411 e. The Bertz CT molecular complexity index is 244. The first kappa shape index (κ1) is 8.09. The molecule has 0 amide bonds. The first-order valence-corrected chi connectivity index (χ1v) is 4.74. The van der Waals surface area contributed by atoms with E-state index in [1.807, 2.05) is 0 Å². The van der Waals surface area contributed by atoms with Crippen LogP contribution in [-0.4, -0.2) is 10.9 Å². The number of oxime groups is 1. The maximum Gasteiger partial charge on any atom is 0.0638 e. The minimum atomic E-state index is 0.173. The molecular weight excluding hydrogens is 150 g/mol. The van der Waals surface area contributed by atoms with Crippen LogP contribution in [0.5, 0.6) is 0 Å². The summed E-state index contributed by atoms with van der Waals surface area (Å²) < 4.78 is 0. The Labute approximate surface area is 73.7 Å². The molecule has 2 aliphatic carbocycles. The van der Waals surface area contributed by atoms with Crippen molar-refractivity contribution in [1.29, 1.82) is 0 Å². The van der Waals surface area contributed by atoms with Crippen LogP contribution in [0, 0.1) is 16.7 Å². The van der Waals surface area contributed by atoms with E-state index >= 15 is 0 Å². The average Bonchev–Trinajstić information content (AvgIpc) is 2.34. The van der Waals surface area contributed by atoms with Crippen LogP contribution in [0.4, 0.5) is 0 Å². The molecule has 0 aliphatic heterocycles. The van der Waals surface area contributed by atoms with E-state index in [4.69, 9.17) is 5.21 Å². The summed E-state index contributed by atoms with van der Waals surface area (Å²) in [5, 5.41) is 12.3. The average molecular weight is 167 g/mol. The van der Waals surface area contributed by atoms with Crippen LogP contribution < -0.4 is 0 Å². The number of hydrogen-bond acceptors (Lipinski definition) is 2. The highest BCUT2D eigenvalue weighted by Gasteiger charge is 2.60. The lowest BCUT2D eigenvalue weighted by atomic mass is 9.70. The molecule has 0 saturated heterocycles. The molecule has 1 N–H and O–H groups in total. The normalized spacial score (nSPS) is 47.2. The van der Waals surface area contributed by atoms with Crippen molar-refractivity contribution in [2.45, 2.75) is 40.0 Å². The summed E-state index contributed by atoms with van der Waals surface area (Å²) in [6.07, 6.45) is 3.52. The molecule has 2 nitrogen and oxygen atoms in total. The van der Waals surface area contributed by atoms with Gasteiger partial charge in [-0.05, 0) is 30.6 Å². The van der Waals surface area contributed by atoms with Crippen molar-refractivity contribution >= 4 is 5.71 Å². The predicted molar refractivity (Wildman–Crippen MR) is 48.5 cm³/mol. The van der Waals surface area contributed by atoms with Crippen LogP contribution >= 0.6 is 0 Å². The van der Waals surface area contributed by atoms with Crippen molar-refractivity contribution < 1.29 is 5.21 Å². The molecule has 2 bridgehead atoms. The van der Waals surface area contributed by atoms with Crippen LogP contribution in [0.2, 0.25) is 0 Å². The van der Waals surface area contributed by atoms with Crippen molar-refractivity contribution in [3.63, 3.8) is 0 Å². The van der Waals surface area contributed by atoms with E-state index < -0.39 is 0 Å². The minimum absolute atomic E-state index is 0.173. The maximum absolute atomic E-state index is 8.87. The third kappa shape index (κ3) is 0.644. The van der Waals surface area contributed by atoms with Crippen molar-refractivity contribution in [1.82, 2.24) is 0 Å². The first-order chi connectivity index (χ1) is 5.52. The summed E-state index contributed by atoms with van der Waals surface area (Å²) in [5.41, 5.74) is 1.55. The lowest BCUT2D eigenvalue weighted by Gasteiger charge is -2.33. The Hall–Kier alpha value is -0.530. The van der Waals surface area contributed by atoms with Crippen molar-refractivity contribution in [3.8, 4) is 0 Å². The topological polar surface area (TPSA) is 32.6 Å². The zero-order valence-corrected chi connectivity index (χ0v) is 8.09. The van der Waals surface area contributed by atoms with Crippen LogP contribution in [0.25, 0.3) is 0 Å². The van der Waals surface area contributed by atoms with Crippen LogP contribution in [0.15, 0.2) is 5.16 Å². The van der Waals surface area contributed by atoms with Crippen LogP contribution in [0.3, 0.4) is 0 Å². The third-order valence-corrected chi connectivity index (χ3v) is 4.63. The standard InChI is InChI=1S/C10H17NO/c1-9(2)7-4-5-10(9,3)8(6-7)11-12/h7,12H,4-6H2,1-3H3. The Morgan fingerprint density at radius 3 is 2.33 bits per heavy atom. The smallest absolute Gasteiger partial charge is 0.0638 e. The molecular formula is C10H17NO. The highest BCUT2D eigenvalue weighted by atomic mass is 16.4. The monoisotopic (exact) mass is 167 g/mol. The molecule has 2 atom stereocenters. The van der Waals surface area contributed by atoms with Gasteiger partial charge in [0.05, 0.1) is 5.71 Å². The zero-order chi connectivity index (χ0) is 8.98. The molecule has 12 heavy (non-hydrogen) atoms. The van der Waals surface area contributed by atoms with E-state index in [-0.39, 0.29) is 5.41 Å². The summed E-state index contributed by atoms with van der Waals surface area (Å²) >= 11 is 0. The molecule has 2 fully saturated rings. The van der Waals surface area contributed by atoms with Gasteiger partial charge in [0.15, 0.2) is 0 Å². The van der Waals surface area contributed by atoms with Gasteiger partial charge in [-0.25, -0.2) is 0 Å². The van der Waals surface area contributed by atoms with Gasteiger partial charge < -0.3 is 5.21 Å². The van der Waals surface area contributed by atoms with E-state index in [1.165, 1.54) is 12.8 Å². The molecule has 2 saturated carbocycles. The Morgan fingerprint density at radius 1 is 1.42 bits per heavy atom. The van der Waals surface area contributed by atoms with Crippen molar-refractivity contribution in [2.75, 3.05) is 0 Å². The largest absolute Gasteiger partial charge is 0.411 e. The molecule has 0 aromatic rings. The zero-order valence-electron chi connectivity index (χ0n) is 8.09. The quantitative estimate of drug-likeness (QED) is 0.436. The van der Waals surface area contributed by atoms with Gasteiger partial charge in [0.2, 0.25) is 0 Å². The second-order valence-corrected chi connectivity index (χ2v) is 5.04. The number of hydrogen-bond donors (Lipinski definition) is 1. The van der Waals surface area contributed by atoms with Gasteiger partial charge in [-0.1, -0.05) is 25.9 Å². The van der Waals surface area contributed by atoms with Gasteiger partial charge >= 0.3 is 0 Å². The van der Waals surface area contributed by atoms with Gasteiger partial charge in [0, 0.05) is 5.41 Å². The number of nitrogens with zero attached hydrogens (tertiary/aromatic N) is 1. The van der Waals surface area contributed by atoms with Crippen LogP contribution in [-0.2, 0) is 0 Å². The lowest BCUT2D eigenvalue weighted by Crippen LogP contribution is -2.32. The first-order valence-electron chi connectivity index (χ1n) is 4.74. The molecule has 68 valence electrons. The van der Waals surface area contributed by atoms with Crippen LogP contribution in [0.1, 0.15) is 40.0 Å². The molecule has 0 radical (unpaired) electrons. The maximum atomic E-state index is 8.87. The molecule has 0 aromatic heterocycles. The Morgan fingerprint density at radius 2 is 2.08 bits per heavy atom. The molecule has 2 rings (SSSR count). The highest BCUT2D eigenvalue weighted by molar-refractivity contribution is 5.93. The highest BCUT2D eigenvalue weighted by Crippen LogP contribution is 2.63. The van der Waals surface area contributed by atoms with E-state index in [9.17, 15) is 0 Å². The second kappa shape index (κ2) is 2.04. The third-order valence-electron chi connectivity index (χ3n) is 4.63. The fourth-order valence-electron chi connectivity index (χ4n) is 3.08.